The summed E-state index contributed by atoms with van der Waals surface area (Å²) >= 11 is 0. The van der Waals surface area contributed by atoms with Crippen LogP contribution < -0.4 is 0 Å². The highest BCUT2D eigenvalue weighted by atomic mass is 16.2. The Labute approximate surface area is 187 Å². The molecule has 0 bridgehead atoms. The quantitative estimate of drug-likeness (QED) is 0.782. The molecular formula is C24H30N6O2. The van der Waals surface area contributed by atoms with Crippen LogP contribution in [0.3, 0.4) is 0 Å². The molecule has 1 aliphatic carbocycles. The third-order valence-electron chi connectivity index (χ3n) is 9.61. The number of hydrogen-bond donors (Lipinski definition) is 1. The Bertz CT molecular complexity index is 1100. The van der Waals surface area contributed by atoms with Gasteiger partial charge in [0.1, 0.15) is 5.54 Å². The fourth-order valence-corrected chi connectivity index (χ4v) is 8.20. The lowest BCUT2D eigenvalue weighted by molar-refractivity contribution is -0.141. The number of carbonyl (C=O) groups is 2. The number of amides is 2. The normalized spacial score (nSPS) is 33.1. The molecule has 5 fully saturated rings. The van der Waals surface area contributed by atoms with Gasteiger partial charge in [0.2, 0.25) is 5.91 Å². The van der Waals surface area contributed by atoms with Crippen LogP contribution in [0.25, 0.3) is 11.0 Å². The summed E-state index contributed by atoms with van der Waals surface area (Å²) in [5.41, 5.74) is 1.22. The van der Waals surface area contributed by atoms with Crippen LogP contribution in [0.1, 0.15) is 55.3 Å². The van der Waals surface area contributed by atoms with Gasteiger partial charge in [-0.05, 0) is 57.7 Å². The molecule has 4 aliphatic heterocycles. The van der Waals surface area contributed by atoms with Crippen molar-refractivity contribution < 1.29 is 9.59 Å². The third kappa shape index (κ3) is 2.26. The van der Waals surface area contributed by atoms with Crippen molar-refractivity contribution in [2.75, 3.05) is 39.3 Å². The number of carbonyl (C=O) groups excluding carboxylic acids is 2. The Morgan fingerprint density at radius 2 is 1.59 bits per heavy atom. The second-order valence-electron chi connectivity index (χ2n) is 11.0. The average molecular weight is 435 g/mol. The molecule has 0 spiro atoms. The Morgan fingerprint density at radius 3 is 2.31 bits per heavy atom. The van der Waals surface area contributed by atoms with Crippen molar-refractivity contribution in [2.45, 2.75) is 50.5 Å². The van der Waals surface area contributed by atoms with Gasteiger partial charge in [-0.15, -0.1) is 0 Å². The molecule has 4 saturated heterocycles. The van der Waals surface area contributed by atoms with Gasteiger partial charge in [-0.3, -0.25) is 19.6 Å². The summed E-state index contributed by atoms with van der Waals surface area (Å²) < 4.78 is 0. The minimum Gasteiger partial charge on any atom is -0.340 e. The second-order valence-corrected chi connectivity index (χ2v) is 11.0. The number of likely N-dealkylation sites (tertiary alicyclic amines) is 2. The molecule has 2 unspecified atom stereocenters. The van der Waals surface area contributed by atoms with Crippen LogP contribution in [0.4, 0.5) is 0 Å². The lowest BCUT2D eigenvalue weighted by atomic mass is 9.71. The van der Waals surface area contributed by atoms with E-state index in [2.05, 4.69) is 29.9 Å². The van der Waals surface area contributed by atoms with Crippen molar-refractivity contribution >= 4 is 22.8 Å². The highest BCUT2D eigenvalue weighted by molar-refractivity contribution is 6.05. The van der Waals surface area contributed by atoms with Crippen LogP contribution in [0, 0.1) is 10.8 Å². The zero-order valence-electron chi connectivity index (χ0n) is 18.5. The van der Waals surface area contributed by atoms with Gasteiger partial charge >= 0.3 is 0 Å². The molecule has 2 aromatic rings. The minimum absolute atomic E-state index is 0.0551. The summed E-state index contributed by atoms with van der Waals surface area (Å²) in [4.78, 5) is 38.4. The van der Waals surface area contributed by atoms with Gasteiger partial charge in [0, 0.05) is 43.2 Å². The molecule has 2 amide bonds. The predicted molar refractivity (Wildman–Crippen MR) is 118 cm³/mol. The van der Waals surface area contributed by atoms with Crippen LogP contribution in [0.2, 0.25) is 0 Å². The van der Waals surface area contributed by atoms with E-state index in [1.807, 2.05) is 6.07 Å². The highest BCUT2D eigenvalue weighted by Crippen LogP contribution is 2.62. The van der Waals surface area contributed by atoms with Gasteiger partial charge in [-0.2, -0.15) is 5.10 Å². The molecule has 2 atom stereocenters. The number of aromatic nitrogens is 3. The molecule has 8 heteroatoms. The van der Waals surface area contributed by atoms with Crippen molar-refractivity contribution in [3.63, 3.8) is 0 Å². The van der Waals surface area contributed by atoms with Crippen molar-refractivity contribution in [3.8, 4) is 0 Å². The smallest absolute Gasteiger partial charge is 0.254 e. The summed E-state index contributed by atoms with van der Waals surface area (Å²) in [6.45, 7) is 5.31. The molecule has 6 heterocycles. The van der Waals surface area contributed by atoms with E-state index in [9.17, 15) is 9.59 Å². The molecule has 5 aliphatic rings. The first-order valence-electron chi connectivity index (χ1n) is 12.2. The van der Waals surface area contributed by atoms with Crippen molar-refractivity contribution in [1.82, 2.24) is 29.9 Å². The first-order chi connectivity index (χ1) is 15.6. The van der Waals surface area contributed by atoms with Crippen molar-refractivity contribution in [1.29, 1.82) is 0 Å². The maximum absolute atomic E-state index is 13.8. The molecule has 1 N–H and O–H groups in total. The average Bonchev–Trinajstić information content (AvgIpc) is 3.57. The molecule has 1 saturated carbocycles. The molecule has 2 aromatic heterocycles. The standard InChI is InChI=1S/C24H30N6O2/c31-20(17-4-9-25-19-18(17)12-26-27-19)28-13-22-5-1-6-23(22,14-28)16-29(15-22)21(32)24-7-2-10-30(24)11-3-8-24/h4,9,12H,1-3,5-8,10-11,13-16H2,(H,25,26,27). The van der Waals surface area contributed by atoms with Gasteiger partial charge < -0.3 is 9.80 Å². The van der Waals surface area contributed by atoms with Crippen LogP contribution in [-0.4, -0.2) is 86.5 Å². The molecule has 8 nitrogen and oxygen atoms in total. The zero-order valence-corrected chi connectivity index (χ0v) is 18.5. The van der Waals surface area contributed by atoms with Gasteiger partial charge in [-0.1, -0.05) is 6.42 Å². The van der Waals surface area contributed by atoms with E-state index in [-0.39, 0.29) is 22.3 Å². The second kappa shape index (κ2) is 6.31. The summed E-state index contributed by atoms with van der Waals surface area (Å²) in [6.07, 6.45) is 11.2. The topological polar surface area (TPSA) is 85.4 Å². The Balaban J connectivity index is 1.17. The van der Waals surface area contributed by atoms with Gasteiger partial charge in [0.25, 0.3) is 5.91 Å². The summed E-state index contributed by atoms with van der Waals surface area (Å²) in [6, 6.07) is 1.81. The molecule has 0 radical (unpaired) electrons. The van der Waals surface area contributed by atoms with E-state index in [1.54, 1.807) is 12.4 Å². The Morgan fingerprint density at radius 1 is 0.906 bits per heavy atom. The summed E-state index contributed by atoms with van der Waals surface area (Å²) in [5.74, 6) is 0.456. The zero-order chi connectivity index (χ0) is 21.6. The molecule has 168 valence electrons. The maximum Gasteiger partial charge on any atom is 0.254 e. The van der Waals surface area contributed by atoms with E-state index < -0.39 is 0 Å². The molecule has 7 rings (SSSR count). The molecule has 32 heavy (non-hydrogen) atoms. The first-order valence-corrected chi connectivity index (χ1v) is 12.2. The summed E-state index contributed by atoms with van der Waals surface area (Å²) in [7, 11) is 0. The number of nitrogens with zero attached hydrogens (tertiary/aromatic N) is 5. The minimum atomic E-state index is -0.223. The monoisotopic (exact) mass is 434 g/mol. The fourth-order valence-electron chi connectivity index (χ4n) is 8.20. The number of aromatic amines is 1. The lowest BCUT2D eigenvalue weighted by Crippen LogP contribution is -2.54. The fraction of sp³-hybridized carbons (Fsp3) is 0.667. The highest BCUT2D eigenvalue weighted by Gasteiger charge is 2.67. The van der Waals surface area contributed by atoms with E-state index in [0.717, 1.165) is 83.2 Å². The number of hydrogen-bond acceptors (Lipinski definition) is 5. The lowest BCUT2D eigenvalue weighted by Gasteiger charge is -2.36. The SMILES string of the molecule is O=C(c1ccnc2[nH]ncc12)N1CC23CCCC2(C1)CN(C(=O)C12CCCN1CCC2)C3. The van der Waals surface area contributed by atoms with E-state index in [4.69, 9.17) is 0 Å². The van der Waals surface area contributed by atoms with Crippen molar-refractivity contribution in [3.05, 3.63) is 24.0 Å². The van der Waals surface area contributed by atoms with Gasteiger partial charge in [0.15, 0.2) is 5.65 Å². The van der Waals surface area contributed by atoms with Crippen LogP contribution >= 0.6 is 0 Å². The van der Waals surface area contributed by atoms with Gasteiger partial charge in [-0.25, -0.2) is 4.98 Å². The van der Waals surface area contributed by atoms with E-state index in [1.165, 1.54) is 6.42 Å². The van der Waals surface area contributed by atoms with E-state index >= 15 is 0 Å². The Hall–Kier alpha value is -2.48. The van der Waals surface area contributed by atoms with Crippen LogP contribution in [0.5, 0.6) is 0 Å². The van der Waals surface area contributed by atoms with Crippen LogP contribution in [-0.2, 0) is 4.79 Å². The number of pyridine rings is 1. The third-order valence-corrected chi connectivity index (χ3v) is 9.61. The largest absolute Gasteiger partial charge is 0.340 e. The predicted octanol–water partition coefficient (Wildman–Crippen LogP) is 2.04. The number of rotatable bonds is 2. The number of nitrogens with one attached hydrogen (secondary N) is 1. The molecular weight excluding hydrogens is 404 g/mol. The van der Waals surface area contributed by atoms with E-state index in [0.29, 0.717) is 17.1 Å². The molecule has 0 aromatic carbocycles. The first kappa shape index (κ1) is 19.0. The van der Waals surface area contributed by atoms with Crippen LogP contribution in [0.15, 0.2) is 18.5 Å². The Kier molecular flexibility index (Phi) is 3.75. The van der Waals surface area contributed by atoms with Crippen molar-refractivity contribution in [2.24, 2.45) is 10.8 Å². The van der Waals surface area contributed by atoms with Gasteiger partial charge in [0.05, 0.1) is 17.1 Å². The number of H-pyrrole nitrogens is 1. The maximum atomic E-state index is 13.8. The number of fused-ring (bicyclic) bond motifs is 2. The summed E-state index contributed by atoms with van der Waals surface area (Å²) in [5, 5.41) is 7.72.